The lowest BCUT2D eigenvalue weighted by Gasteiger charge is -2.18. The third-order valence-electron chi connectivity index (χ3n) is 2.87. The molecule has 0 amide bonds. The zero-order chi connectivity index (χ0) is 10.1. The van der Waals surface area contributed by atoms with Crippen LogP contribution in [0.25, 0.3) is 0 Å². The maximum Gasteiger partial charge on any atom is 0.111 e. The van der Waals surface area contributed by atoms with Gasteiger partial charge in [0.25, 0.3) is 0 Å². The fourth-order valence-corrected chi connectivity index (χ4v) is 2.41. The molecule has 1 aromatic rings. The van der Waals surface area contributed by atoms with Crippen molar-refractivity contribution in [2.45, 2.75) is 51.5 Å². The standard InChI is InChI=1S/C11H17ClN2/c1-8(2)11-13-9(7-12)10-5-3-4-6-14(10)11/h8H,3-7H2,1-2H3. The first kappa shape index (κ1) is 10.0. The Hall–Kier alpha value is -0.500. The van der Waals surface area contributed by atoms with Crippen LogP contribution in [0.4, 0.5) is 0 Å². The van der Waals surface area contributed by atoms with Gasteiger partial charge in [-0.15, -0.1) is 11.6 Å². The average Bonchev–Trinajstić information content (AvgIpc) is 2.56. The highest BCUT2D eigenvalue weighted by Gasteiger charge is 2.20. The Kier molecular flexibility index (Phi) is 2.82. The van der Waals surface area contributed by atoms with Crippen LogP contribution in [0.5, 0.6) is 0 Å². The zero-order valence-electron chi connectivity index (χ0n) is 8.89. The van der Waals surface area contributed by atoms with Crippen molar-refractivity contribution >= 4 is 11.6 Å². The van der Waals surface area contributed by atoms with Crippen molar-refractivity contribution in [1.82, 2.24) is 9.55 Å². The number of hydrogen-bond acceptors (Lipinski definition) is 1. The Morgan fingerprint density at radius 3 is 2.86 bits per heavy atom. The molecule has 14 heavy (non-hydrogen) atoms. The van der Waals surface area contributed by atoms with Crippen molar-refractivity contribution in [1.29, 1.82) is 0 Å². The number of imidazole rings is 1. The van der Waals surface area contributed by atoms with Gasteiger partial charge in [-0.25, -0.2) is 4.98 Å². The van der Waals surface area contributed by atoms with Gasteiger partial charge in [0.05, 0.1) is 11.6 Å². The van der Waals surface area contributed by atoms with E-state index in [2.05, 4.69) is 23.4 Å². The van der Waals surface area contributed by atoms with Crippen molar-refractivity contribution < 1.29 is 0 Å². The highest BCUT2D eigenvalue weighted by Crippen LogP contribution is 2.25. The van der Waals surface area contributed by atoms with Crippen LogP contribution < -0.4 is 0 Å². The van der Waals surface area contributed by atoms with E-state index in [1.54, 1.807) is 0 Å². The molecule has 0 radical (unpaired) electrons. The zero-order valence-corrected chi connectivity index (χ0v) is 9.64. The summed E-state index contributed by atoms with van der Waals surface area (Å²) in [6.45, 7) is 5.52. The van der Waals surface area contributed by atoms with Crippen LogP contribution in [-0.2, 0) is 18.8 Å². The Bertz CT molecular complexity index is 328. The van der Waals surface area contributed by atoms with Crippen LogP contribution in [0.2, 0.25) is 0 Å². The molecule has 3 heteroatoms. The van der Waals surface area contributed by atoms with E-state index in [0.29, 0.717) is 11.8 Å². The molecule has 0 unspecified atom stereocenters. The molecule has 0 bridgehead atoms. The van der Waals surface area contributed by atoms with Gasteiger partial charge in [-0.3, -0.25) is 0 Å². The molecule has 2 rings (SSSR count). The highest BCUT2D eigenvalue weighted by molar-refractivity contribution is 6.17. The smallest absolute Gasteiger partial charge is 0.111 e. The molecule has 0 fully saturated rings. The van der Waals surface area contributed by atoms with E-state index in [9.17, 15) is 0 Å². The third kappa shape index (κ3) is 1.56. The van der Waals surface area contributed by atoms with Gasteiger partial charge < -0.3 is 4.57 Å². The molecule has 0 spiro atoms. The number of aromatic nitrogens is 2. The third-order valence-corrected chi connectivity index (χ3v) is 3.13. The molecule has 1 aliphatic rings. The number of fused-ring (bicyclic) bond motifs is 1. The molecule has 0 atom stereocenters. The van der Waals surface area contributed by atoms with Crippen LogP contribution in [0, 0.1) is 0 Å². The molecule has 78 valence electrons. The first-order valence-electron chi connectivity index (χ1n) is 5.38. The molecule has 0 aliphatic carbocycles. The highest BCUT2D eigenvalue weighted by atomic mass is 35.5. The fourth-order valence-electron chi connectivity index (χ4n) is 2.20. The molecule has 2 nitrogen and oxygen atoms in total. The second-order valence-corrected chi connectivity index (χ2v) is 4.53. The van der Waals surface area contributed by atoms with E-state index in [-0.39, 0.29) is 0 Å². The predicted molar refractivity (Wildman–Crippen MR) is 58.8 cm³/mol. The van der Waals surface area contributed by atoms with Crippen LogP contribution in [0.15, 0.2) is 0 Å². The fraction of sp³-hybridized carbons (Fsp3) is 0.727. The van der Waals surface area contributed by atoms with Crippen LogP contribution in [0.1, 0.15) is 49.8 Å². The minimum Gasteiger partial charge on any atom is -0.332 e. The molecular formula is C11H17ClN2. The Morgan fingerprint density at radius 1 is 1.43 bits per heavy atom. The number of halogens is 1. The maximum absolute atomic E-state index is 5.91. The summed E-state index contributed by atoms with van der Waals surface area (Å²) in [5.41, 5.74) is 2.49. The molecule has 0 saturated carbocycles. The summed E-state index contributed by atoms with van der Waals surface area (Å²) in [6.07, 6.45) is 3.72. The summed E-state index contributed by atoms with van der Waals surface area (Å²) < 4.78 is 2.38. The van der Waals surface area contributed by atoms with E-state index in [4.69, 9.17) is 11.6 Å². The molecule has 0 N–H and O–H groups in total. The summed E-state index contributed by atoms with van der Waals surface area (Å²) in [6, 6.07) is 0. The Morgan fingerprint density at radius 2 is 2.21 bits per heavy atom. The van der Waals surface area contributed by atoms with Gasteiger partial charge in [-0.2, -0.15) is 0 Å². The van der Waals surface area contributed by atoms with E-state index in [1.165, 1.54) is 24.4 Å². The van der Waals surface area contributed by atoms with Crippen molar-refractivity contribution in [2.24, 2.45) is 0 Å². The molecule has 0 aromatic carbocycles. The molecule has 1 aromatic heterocycles. The average molecular weight is 213 g/mol. The van der Waals surface area contributed by atoms with Crippen LogP contribution in [0.3, 0.4) is 0 Å². The van der Waals surface area contributed by atoms with Gasteiger partial charge in [0.2, 0.25) is 0 Å². The second kappa shape index (κ2) is 3.93. The van der Waals surface area contributed by atoms with Crippen molar-refractivity contribution in [3.05, 3.63) is 17.2 Å². The largest absolute Gasteiger partial charge is 0.332 e. The second-order valence-electron chi connectivity index (χ2n) is 4.26. The lowest BCUT2D eigenvalue weighted by Crippen LogP contribution is -2.13. The minimum atomic E-state index is 0.504. The van der Waals surface area contributed by atoms with Gasteiger partial charge >= 0.3 is 0 Å². The number of alkyl halides is 1. The normalized spacial score (nSPS) is 16.0. The SMILES string of the molecule is CC(C)c1nc(CCl)c2n1CCCC2. The summed E-state index contributed by atoms with van der Waals surface area (Å²) in [5, 5.41) is 0. The van der Waals surface area contributed by atoms with Gasteiger partial charge in [-0.1, -0.05) is 13.8 Å². The van der Waals surface area contributed by atoms with Crippen molar-refractivity contribution in [3.8, 4) is 0 Å². The first-order chi connectivity index (χ1) is 6.74. The Balaban J connectivity index is 2.46. The maximum atomic E-state index is 5.91. The number of rotatable bonds is 2. The van der Waals surface area contributed by atoms with Crippen molar-refractivity contribution in [3.63, 3.8) is 0 Å². The summed E-state index contributed by atoms with van der Waals surface area (Å²) in [7, 11) is 0. The topological polar surface area (TPSA) is 17.8 Å². The van der Waals surface area contributed by atoms with E-state index >= 15 is 0 Å². The molecule has 1 aliphatic heterocycles. The van der Waals surface area contributed by atoms with Gasteiger partial charge in [0.1, 0.15) is 5.82 Å². The summed E-state index contributed by atoms with van der Waals surface area (Å²) >= 11 is 5.91. The van der Waals surface area contributed by atoms with E-state index in [0.717, 1.165) is 18.7 Å². The van der Waals surface area contributed by atoms with E-state index in [1.807, 2.05) is 0 Å². The van der Waals surface area contributed by atoms with Crippen LogP contribution >= 0.6 is 11.6 Å². The minimum absolute atomic E-state index is 0.504. The van der Waals surface area contributed by atoms with Crippen LogP contribution in [-0.4, -0.2) is 9.55 Å². The number of hydrogen-bond donors (Lipinski definition) is 0. The lowest BCUT2D eigenvalue weighted by atomic mass is 10.1. The first-order valence-corrected chi connectivity index (χ1v) is 5.91. The summed E-state index contributed by atoms with van der Waals surface area (Å²) in [5.74, 6) is 2.28. The molecule has 2 heterocycles. The monoisotopic (exact) mass is 212 g/mol. The number of nitrogens with zero attached hydrogens (tertiary/aromatic N) is 2. The predicted octanol–water partition coefficient (Wildman–Crippen LogP) is 3.08. The van der Waals surface area contributed by atoms with Gasteiger partial charge in [0, 0.05) is 18.2 Å². The van der Waals surface area contributed by atoms with Gasteiger partial charge in [-0.05, 0) is 19.3 Å². The quantitative estimate of drug-likeness (QED) is 0.689. The summed E-state index contributed by atoms with van der Waals surface area (Å²) in [4.78, 5) is 4.64. The van der Waals surface area contributed by atoms with Gasteiger partial charge in [0.15, 0.2) is 0 Å². The van der Waals surface area contributed by atoms with Crippen molar-refractivity contribution in [2.75, 3.05) is 0 Å². The lowest BCUT2D eigenvalue weighted by molar-refractivity contribution is 0.503. The Labute approximate surface area is 90.3 Å². The van der Waals surface area contributed by atoms with E-state index < -0.39 is 0 Å². The molecule has 0 saturated heterocycles. The molecular weight excluding hydrogens is 196 g/mol.